The van der Waals surface area contributed by atoms with Gasteiger partial charge in [0.2, 0.25) is 0 Å². The van der Waals surface area contributed by atoms with Crippen molar-refractivity contribution >= 4 is 17.6 Å². The summed E-state index contributed by atoms with van der Waals surface area (Å²) in [5, 5.41) is 14.4. The van der Waals surface area contributed by atoms with Crippen LogP contribution in [0.5, 0.6) is 0 Å². The van der Waals surface area contributed by atoms with Gasteiger partial charge in [0, 0.05) is 6.04 Å². The predicted octanol–water partition coefficient (Wildman–Crippen LogP) is 1.62. The summed E-state index contributed by atoms with van der Waals surface area (Å²) in [5.41, 5.74) is 5.72. The fourth-order valence-electron chi connectivity index (χ4n) is 0.895. The van der Waals surface area contributed by atoms with Crippen molar-refractivity contribution in [2.24, 2.45) is 0 Å². The van der Waals surface area contributed by atoms with Gasteiger partial charge in [0.05, 0.1) is 11.1 Å². The predicted molar refractivity (Wildman–Crippen MR) is 48.5 cm³/mol. The second kappa shape index (κ2) is 3.50. The Bertz CT molecular complexity index is 310. The van der Waals surface area contributed by atoms with Gasteiger partial charge in [-0.25, -0.2) is 4.68 Å². The lowest BCUT2D eigenvalue weighted by Gasteiger charge is -2.06. The molecule has 0 unspecified atom stereocenters. The fourth-order valence-corrected chi connectivity index (χ4v) is 1.29. The lowest BCUT2D eigenvalue weighted by Crippen LogP contribution is -2.06. The first-order chi connectivity index (χ1) is 5.66. The highest BCUT2D eigenvalue weighted by Gasteiger charge is 2.09. The smallest absolute Gasteiger partial charge is 0.138 e. The second-order valence-corrected chi connectivity index (χ2v) is 3.45. The largest absolute Gasteiger partial charge is 0.383 e. The molecule has 0 aromatic carbocycles. The average molecular weight is 182 g/mol. The standard InChI is InChI=1S/C7H10N4S/c1-5(2)11-7(9)6(3-10-11)12-4-8/h3,5H,9H2,1-2H3. The van der Waals surface area contributed by atoms with Gasteiger partial charge in [-0.05, 0) is 25.6 Å². The molecule has 2 N–H and O–H groups in total. The van der Waals surface area contributed by atoms with E-state index in [1.165, 1.54) is 0 Å². The summed E-state index contributed by atoms with van der Waals surface area (Å²) in [5.74, 6) is 0.566. The molecule has 0 aliphatic rings. The maximum absolute atomic E-state index is 8.41. The molecule has 0 aliphatic carbocycles. The Morgan fingerprint density at radius 2 is 2.42 bits per heavy atom. The molecule has 0 spiro atoms. The Balaban J connectivity index is 2.98. The van der Waals surface area contributed by atoms with Crippen LogP contribution in [0, 0.1) is 10.7 Å². The normalized spacial score (nSPS) is 10.2. The Labute approximate surface area is 75.4 Å². The van der Waals surface area contributed by atoms with Crippen molar-refractivity contribution in [3.63, 3.8) is 0 Å². The molecule has 0 fully saturated rings. The molecule has 1 aromatic rings. The molecule has 0 atom stereocenters. The third-order valence-corrected chi connectivity index (χ3v) is 2.07. The van der Waals surface area contributed by atoms with E-state index in [9.17, 15) is 0 Å². The topological polar surface area (TPSA) is 67.6 Å². The van der Waals surface area contributed by atoms with Crippen molar-refractivity contribution in [3.8, 4) is 5.40 Å². The zero-order valence-electron chi connectivity index (χ0n) is 6.98. The third kappa shape index (κ3) is 1.53. The quantitative estimate of drug-likeness (QED) is 0.557. The fraction of sp³-hybridized carbons (Fsp3) is 0.429. The first-order valence-corrected chi connectivity index (χ1v) is 4.37. The molecule has 12 heavy (non-hydrogen) atoms. The van der Waals surface area contributed by atoms with Gasteiger partial charge in [0.15, 0.2) is 0 Å². The first-order valence-electron chi connectivity index (χ1n) is 3.55. The van der Waals surface area contributed by atoms with E-state index in [0.717, 1.165) is 16.7 Å². The van der Waals surface area contributed by atoms with Gasteiger partial charge in [0.1, 0.15) is 11.2 Å². The van der Waals surface area contributed by atoms with Gasteiger partial charge in [-0.15, -0.1) is 0 Å². The number of aromatic nitrogens is 2. The highest BCUT2D eigenvalue weighted by atomic mass is 32.2. The Morgan fingerprint density at radius 3 is 2.83 bits per heavy atom. The third-order valence-electron chi connectivity index (χ3n) is 1.44. The number of hydrogen-bond donors (Lipinski definition) is 1. The summed E-state index contributed by atoms with van der Waals surface area (Å²) in [6, 6.07) is 0.234. The van der Waals surface area contributed by atoms with Crippen LogP contribution in [0.3, 0.4) is 0 Å². The molecule has 1 heterocycles. The van der Waals surface area contributed by atoms with E-state index in [1.807, 2.05) is 19.2 Å². The molecule has 64 valence electrons. The Hall–Kier alpha value is -1.15. The van der Waals surface area contributed by atoms with Crippen molar-refractivity contribution in [2.45, 2.75) is 24.8 Å². The van der Waals surface area contributed by atoms with E-state index in [1.54, 1.807) is 10.9 Å². The molecule has 1 aromatic heterocycles. The minimum absolute atomic E-state index is 0.234. The molecular formula is C7H10N4S. The van der Waals surface area contributed by atoms with Gasteiger partial charge < -0.3 is 5.73 Å². The second-order valence-electron chi connectivity index (χ2n) is 2.63. The highest BCUT2D eigenvalue weighted by molar-refractivity contribution is 8.03. The lowest BCUT2D eigenvalue weighted by atomic mass is 10.4. The van der Waals surface area contributed by atoms with E-state index in [2.05, 4.69) is 5.10 Å². The summed E-state index contributed by atoms with van der Waals surface area (Å²) >= 11 is 1.04. The van der Waals surface area contributed by atoms with Crippen LogP contribution in [0.2, 0.25) is 0 Å². The van der Waals surface area contributed by atoms with Gasteiger partial charge in [-0.2, -0.15) is 10.4 Å². The number of hydrogen-bond acceptors (Lipinski definition) is 4. The van der Waals surface area contributed by atoms with Crippen molar-refractivity contribution < 1.29 is 0 Å². The zero-order chi connectivity index (χ0) is 9.14. The Morgan fingerprint density at radius 1 is 1.75 bits per heavy atom. The molecule has 0 radical (unpaired) electrons. The van der Waals surface area contributed by atoms with E-state index in [0.29, 0.717) is 5.82 Å². The SMILES string of the molecule is CC(C)n1ncc(SC#N)c1N. The van der Waals surface area contributed by atoms with E-state index in [-0.39, 0.29) is 6.04 Å². The first kappa shape index (κ1) is 8.94. The van der Waals surface area contributed by atoms with Crippen molar-refractivity contribution in [2.75, 3.05) is 5.73 Å². The molecule has 0 amide bonds. The number of nitriles is 1. The van der Waals surface area contributed by atoms with Crippen LogP contribution >= 0.6 is 11.8 Å². The molecule has 1 rings (SSSR count). The number of anilines is 1. The maximum atomic E-state index is 8.41. The minimum atomic E-state index is 0.234. The molecule has 5 heteroatoms. The van der Waals surface area contributed by atoms with Gasteiger partial charge in [-0.3, -0.25) is 0 Å². The van der Waals surface area contributed by atoms with Crippen molar-refractivity contribution in [3.05, 3.63) is 6.20 Å². The molecule has 4 nitrogen and oxygen atoms in total. The maximum Gasteiger partial charge on any atom is 0.138 e. The van der Waals surface area contributed by atoms with Crippen molar-refractivity contribution in [1.82, 2.24) is 9.78 Å². The molecule has 0 saturated carbocycles. The van der Waals surface area contributed by atoms with E-state index < -0.39 is 0 Å². The summed E-state index contributed by atoms with van der Waals surface area (Å²) in [4.78, 5) is 0.728. The molecule has 0 aliphatic heterocycles. The van der Waals surface area contributed by atoms with Crippen LogP contribution in [0.15, 0.2) is 11.1 Å². The monoisotopic (exact) mass is 182 g/mol. The number of nitrogens with two attached hydrogens (primary N) is 1. The Kier molecular flexibility index (Phi) is 2.61. The van der Waals surface area contributed by atoms with E-state index in [4.69, 9.17) is 11.0 Å². The van der Waals surface area contributed by atoms with Crippen molar-refractivity contribution in [1.29, 1.82) is 5.26 Å². The number of rotatable bonds is 2. The lowest BCUT2D eigenvalue weighted by molar-refractivity contribution is 0.540. The van der Waals surface area contributed by atoms with Gasteiger partial charge in [-0.1, -0.05) is 0 Å². The van der Waals surface area contributed by atoms with Gasteiger partial charge in [0.25, 0.3) is 0 Å². The number of nitrogen functional groups attached to an aromatic ring is 1. The molecule has 0 bridgehead atoms. The number of thioether (sulfide) groups is 1. The van der Waals surface area contributed by atoms with Crippen LogP contribution in [-0.4, -0.2) is 9.78 Å². The minimum Gasteiger partial charge on any atom is -0.383 e. The summed E-state index contributed by atoms with van der Waals surface area (Å²) in [6.45, 7) is 3.98. The van der Waals surface area contributed by atoms with E-state index >= 15 is 0 Å². The highest BCUT2D eigenvalue weighted by Crippen LogP contribution is 2.25. The molecular weight excluding hydrogens is 172 g/mol. The average Bonchev–Trinajstić information content (AvgIpc) is 2.34. The summed E-state index contributed by atoms with van der Waals surface area (Å²) in [6.07, 6.45) is 1.61. The van der Waals surface area contributed by atoms with Gasteiger partial charge >= 0.3 is 0 Å². The van der Waals surface area contributed by atoms with Crippen LogP contribution in [-0.2, 0) is 0 Å². The van der Waals surface area contributed by atoms with Crippen LogP contribution in [0.25, 0.3) is 0 Å². The van der Waals surface area contributed by atoms with Crippen LogP contribution < -0.4 is 5.73 Å². The summed E-state index contributed by atoms with van der Waals surface area (Å²) < 4.78 is 1.69. The number of nitrogens with zero attached hydrogens (tertiary/aromatic N) is 3. The number of thiocyanates is 1. The van der Waals surface area contributed by atoms with Crippen LogP contribution in [0.1, 0.15) is 19.9 Å². The van der Waals surface area contributed by atoms with Crippen LogP contribution in [0.4, 0.5) is 5.82 Å². The zero-order valence-corrected chi connectivity index (χ0v) is 7.80. The molecule has 0 saturated heterocycles. The summed E-state index contributed by atoms with van der Waals surface area (Å²) in [7, 11) is 0.